The van der Waals surface area contributed by atoms with Crippen molar-refractivity contribution in [3.63, 3.8) is 0 Å². The van der Waals surface area contributed by atoms with Crippen molar-refractivity contribution in [3.8, 4) is 16.9 Å². The fraction of sp³-hybridized carbons (Fsp3) is 0. The lowest BCUT2D eigenvalue weighted by Gasteiger charge is -2.03. The van der Waals surface area contributed by atoms with Crippen molar-refractivity contribution in [1.82, 2.24) is 9.78 Å². The Bertz CT molecular complexity index is 874. The standard InChI is InChI=1S/C16H8BrClF2N2O/c17-16-14(8-23)15(9-5-11(19)7-12(20)6-9)21-22(16)13-3-1-10(18)2-4-13/h1-8H. The molecule has 0 saturated heterocycles. The van der Waals surface area contributed by atoms with Crippen molar-refractivity contribution in [2.24, 2.45) is 0 Å². The molecule has 0 aliphatic carbocycles. The molecule has 0 aliphatic rings. The molecule has 0 spiro atoms. The topological polar surface area (TPSA) is 34.9 Å². The van der Waals surface area contributed by atoms with Gasteiger partial charge in [0.1, 0.15) is 21.9 Å². The van der Waals surface area contributed by atoms with Gasteiger partial charge in [0.15, 0.2) is 6.29 Å². The fourth-order valence-corrected chi connectivity index (χ4v) is 2.86. The van der Waals surface area contributed by atoms with Crippen molar-refractivity contribution in [1.29, 1.82) is 0 Å². The predicted molar refractivity (Wildman–Crippen MR) is 87.0 cm³/mol. The number of hydrogen-bond donors (Lipinski definition) is 0. The van der Waals surface area contributed by atoms with Gasteiger partial charge in [-0.3, -0.25) is 4.79 Å². The zero-order valence-corrected chi connectivity index (χ0v) is 13.8. The van der Waals surface area contributed by atoms with Gasteiger partial charge in [0.25, 0.3) is 0 Å². The first kappa shape index (κ1) is 15.8. The van der Waals surface area contributed by atoms with E-state index in [0.29, 0.717) is 21.6 Å². The Kier molecular flexibility index (Phi) is 4.28. The molecule has 0 N–H and O–H groups in total. The number of aromatic nitrogens is 2. The van der Waals surface area contributed by atoms with E-state index >= 15 is 0 Å². The molecule has 1 heterocycles. The molecule has 0 aliphatic heterocycles. The van der Waals surface area contributed by atoms with Crippen LogP contribution in [0.5, 0.6) is 0 Å². The summed E-state index contributed by atoms with van der Waals surface area (Å²) < 4.78 is 28.7. The van der Waals surface area contributed by atoms with Gasteiger partial charge in [0.05, 0.1) is 11.3 Å². The molecule has 0 radical (unpaired) electrons. The fourth-order valence-electron chi connectivity index (χ4n) is 2.17. The Morgan fingerprint density at radius 3 is 2.26 bits per heavy atom. The predicted octanol–water partition coefficient (Wildman–Crippen LogP) is 5.05. The Labute approximate surface area is 143 Å². The molecular weight excluding hydrogens is 390 g/mol. The molecule has 0 fully saturated rings. The number of rotatable bonds is 3. The molecule has 3 rings (SSSR count). The Morgan fingerprint density at radius 1 is 1.09 bits per heavy atom. The number of benzene rings is 2. The maximum absolute atomic E-state index is 13.4. The molecule has 0 atom stereocenters. The van der Waals surface area contributed by atoms with Gasteiger partial charge in [-0.1, -0.05) is 11.6 Å². The van der Waals surface area contributed by atoms with Gasteiger partial charge in [-0.15, -0.1) is 0 Å². The highest BCUT2D eigenvalue weighted by atomic mass is 79.9. The van der Waals surface area contributed by atoms with Gasteiger partial charge in [0.2, 0.25) is 0 Å². The van der Waals surface area contributed by atoms with Gasteiger partial charge >= 0.3 is 0 Å². The third-order valence-corrected chi connectivity index (χ3v) is 4.20. The molecular formula is C16H8BrClF2N2O. The van der Waals surface area contributed by atoms with Crippen LogP contribution in [0.2, 0.25) is 5.02 Å². The van der Waals surface area contributed by atoms with Crippen LogP contribution in [-0.2, 0) is 0 Å². The summed E-state index contributed by atoms with van der Waals surface area (Å²) in [5.74, 6) is -1.48. The summed E-state index contributed by atoms with van der Waals surface area (Å²) in [7, 11) is 0. The molecule has 3 nitrogen and oxygen atoms in total. The van der Waals surface area contributed by atoms with E-state index in [2.05, 4.69) is 21.0 Å². The lowest BCUT2D eigenvalue weighted by molar-refractivity contribution is 0.112. The molecule has 3 aromatic rings. The second-order valence-electron chi connectivity index (χ2n) is 4.72. The minimum absolute atomic E-state index is 0.179. The van der Waals surface area contributed by atoms with Crippen molar-refractivity contribution < 1.29 is 13.6 Å². The maximum Gasteiger partial charge on any atom is 0.155 e. The lowest BCUT2D eigenvalue weighted by Crippen LogP contribution is -1.96. The van der Waals surface area contributed by atoms with Gasteiger partial charge in [-0.2, -0.15) is 5.10 Å². The molecule has 23 heavy (non-hydrogen) atoms. The van der Waals surface area contributed by atoms with Crippen LogP contribution in [0.25, 0.3) is 16.9 Å². The van der Waals surface area contributed by atoms with E-state index in [1.165, 1.54) is 4.68 Å². The van der Waals surface area contributed by atoms with E-state index in [4.69, 9.17) is 11.6 Å². The number of aldehydes is 1. The zero-order valence-electron chi connectivity index (χ0n) is 11.4. The summed E-state index contributed by atoms with van der Waals surface area (Å²) in [6.07, 6.45) is 0.585. The average molecular weight is 398 g/mol. The maximum atomic E-state index is 13.4. The zero-order chi connectivity index (χ0) is 16.6. The minimum Gasteiger partial charge on any atom is -0.298 e. The molecule has 0 amide bonds. The minimum atomic E-state index is -0.742. The van der Waals surface area contributed by atoms with E-state index in [1.807, 2.05) is 0 Å². The van der Waals surface area contributed by atoms with Gasteiger partial charge in [-0.25, -0.2) is 13.5 Å². The second kappa shape index (κ2) is 6.22. The molecule has 0 saturated carbocycles. The van der Waals surface area contributed by atoms with E-state index in [9.17, 15) is 13.6 Å². The highest BCUT2D eigenvalue weighted by molar-refractivity contribution is 9.10. The molecule has 0 unspecified atom stereocenters. The third-order valence-electron chi connectivity index (χ3n) is 3.19. The first-order valence-corrected chi connectivity index (χ1v) is 7.63. The highest BCUT2D eigenvalue weighted by Gasteiger charge is 2.19. The van der Waals surface area contributed by atoms with E-state index in [0.717, 1.165) is 18.2 Å². The van der Waals surface area contributed by atoms with E-state index < -0.39 is 11.6 Å². The Morgan fingerprint density at radius 2 is 1.70 bits per heavy atom. The van der Waals surface area contributed by atoms with Crippen LogP contribution in [0.1, 0.15) is 10.4 Å². The Balaban J connectivity index is 2.20. The van der Waals surface area contributed by atoms with Crippen molar-refractivity contribution >= 4 is 33.8 Å². The number of nitrogens with zero attached hydrogens (tertiary/aromatic N) is 2. The van der Waals surface area contributed by atoms with Gasteiger partial charge in [0, 0.05) is 16.7 Å². The molecule has 116 valence electrons. The average Bonchev–Trinajstić information content (AvgIpc) is 2.84. The van der Waals surface area contributed by atoms with Crippen LogP contribution in [-0.4, -0.2) is 16.1 Å². The largest absolute Gasteiger partial charge is 0.298 e. The summed E-state index contributed by atoms with van der Waals surface area (Å²) in [5.41, 5.74) is 1.20. The molecule has 7 heteroatoms. The van der Waals surface area contributed by atoms with Gasteiger partial charge in [-0.05, 0) is 52.3 Å². The van der Waals surface area contributed by atoms with Crippen LogP contribution < -0.4 is 0 Å². The first-order chi connectivity index (χ1) is 11.0. The van der Waals surface area contributed by atoms with E-state index in [-0.39, 0.29) is 16.8 Å². The Hall–Kier alpha value is -2.05. The lowest BCUT2D eigenvalue weighted by atomic mass is 10.1. The van der Waals surface area contributed by atoms with Crippen LogP contribution in [0.3, 0.4) is 0 Å². The van der Waals surface area contributed by atoms with Crippen LogP contribution in [0.4, 0.5) is 8.78 Å². The summed E-state index contributed by atoms with van der Waals surface area (Å²) >= 11 is 9.15. The molecule has 0 bridgehead atoms. The monoisotopic (exact) mass is 396 g/mol. The molecule has 1 aromatic heterocycles. The smallest absolute Gasteiger partial charge is 0.155 e. The summed E-state index contributed by atoms with van der Waals surface area (Å²) in [5, 5.41) is 4.85. The SMILES string of the molecule is O=Cc1c(-c2cc(F)cc(F)c2)nn(-c2ccc(Cl)cc2)c1Br. The normalized spacial score (nSPS) is 10.8. The van der Waals surface area contributed by atoms with Crippen molar-refractivity contribution in [2.75, 3.05) is 0 Å². The van der Waals surface area contributed by atoms with Crippen LogP contribution in [0, 0.1) is 11.6 Å². The summed E-state index contributed by atoms with van der Waals surface area (Å²) in [6, 6.07) is 9.78. The number of carbonyl (C=O) groups is 1. The second-order valence-corrected chi connectivity index (χ2v) is 5.90. The van der Waals surface area contributed by atoms with Crippen LogP contribution in [0.15, 0.2) is 47.1 Å². The highest BCUT2D eigenvalue weighted by Crippen LogP contribution is 2.31. The summed E-state index contributed by atoms with van der Waals surface area (Å²) in [4.78, 5) is 11.4. The van der Waals surface area contributed by atoms with Crippen molar-refractivity contribution in [2.45, 2.75) is 0 Å². The van der Waals surface area contributed by atoms with E-state index in [1.54, 1.807) is 24.3 Å². The number of carbonyl (C=O) groups excluding carboxylic acids is 1. The third kappa shape index (κ3) is 3.04. The first-order valence-electron chi connectivity index (χ1n) is 6.45. The van der Waals surface area contributed by atoms with Crippen LogP contribution >= 0.6 is 27.5 Å². The molecule has 2 aromatic carbocycles. The van der Waals surface area contributed by atoms with Crippen molar-refractivity contribution in [3.05, 3.63) is 69.3 Å². The number of hydrogen-bond acceptors (Lipinski definition) is 2. The quantitative estimate of drug-likeness (QED) is 0.580. The van der Waals surface area contributed by atoms with Gasteiger partial charge < -0.3 is 0 Å². The summed E-state index contributed by atoms with van der Waals surface area (Å²) in [6.45, 7) is 0. The number of halogens is 4.